The summed E-state index contributed by atoms with van der Waals surface area (Å²) < 4.78 is 0. The Kier molecular flexibility index (Phi) is 8.92. The molecule has 0 aliphatic carbocycles. The van der Waals surface area contributed by atoms with E-state index in [1.54, 1.807) is 0 Å². The smallest absolute Gasteiger partial charge is 0 e. The molecule has 0 N–H and O–H groups in total. The van der Waals surface area contributed by atoms with E-state index in [2.05, 4.69) is 12.1 Å². The van der Waals surface area contributed by atoms with E-state index in [4.69, 9.17) is 0 Å². The average molecular weight is 365 g/mol. The fourth-order valence-corrected chi connectivity index (χ4v) is 0.684. The zero-order valence-corrected chi connectivity index (χ0v) is 10.7. The Morgan fingerprint density at radius 2 is 0.846 bits per heavy atom. The first-order chi connectivity index (χ1) is 6.00. The van der Waals surface area contributed by atoms with Crippen LogP contribution in [0.3, 0.4) is 0 Å². The maximum absolute atomic E-state index is 2.89. The molecular weight excluding hydrogens is 353 g/mol. The van der Waals surface area contributed by atoms with Crippen molar-refractivity contribution in [3.63, 3.8) is 0 Å². The predicted octanol–water partition coefficient (Wildman–Crippen LogP) is 2.84. The van der Waals surface area contributed by atoms with Gasteiger partial charge in [0.2, 0.25) is 0 Å². The minimum absolute atomic E-state index is 0. The molecule has 5 radical (unpaired) electrons. The second kappa shape index (κ2) is 9.41. The van der Waals surface area contributed by atoms with Crippen LogP contribution in [0, 0.1) is 12.1 Å². The molecule has 0 heterocycles. The summed E-state index contributed by atoms with van der Waals surface area (Å²) in [7, 11) is 0. The third-order valence-electron chi connectivity index (χ3n) is 1.21. The summed E-state index contributed by atoms with van der Waals surface area (Å²) in [5.74, 6) is 0. The van der Waals surface area contributed by atoms with Crippen LogP contribution in [-0.2, 0) is 0 Å². The van der Waals surface area contributed by atoms with E-state index < -0.39 is 0 Å². The maximum Gasteiger partial charge on any atom is 0 e. The van der Waals surface area contributed by atoms with Gasteiger partial charge in [0.25, 0.3) is 0 Å². The van der Waals surface area contributed by atoms with Gasteiger partial charge in [0.15, 0.2) is 0 Å². The SMILES string of the molecule is [Bi].[HH].[c]1ccccc1.[c]1ccccc1. The van der Waals surface area contributed by atoms with Gasteiger partial charge in [-0.15, -0.1) is 0 Å². The normalized spacial score (nSPS) is 7.38. The van der Waals surface area contributed by atoms with E-state index in [0.717, 1.165) is 0 Å². The molecule has 13 heavy (non-hydrogen) atoms. The van der Waals surface area contributed by atoms with Crippen LogP contribution in [0.15, 0.2) is 60.7 Å². The van der Waals surface area contributed by atoms with Crippen LogP contribution >= 0.6 is 0 Å². The third-order valence-corrected chi connectivity index (χ3v) is 1.21. The van der Waals surface area contributed by atoms with Crippen molar-refractivity contribution < 1.29 is 1.43 Å². The van der Waals surface area contributed by atoms with E-state index in [1.165, 1.54) is 0 Å². The van der Waals surface area contributed by atoms with Gasteiger partial charge in [-0.1, -0.05) is 60.7 Å². The number of rotatable bonds is 0. The van der Waals surface area contributed by atoms with Gasteiger partial charge in [-0.25, -0.2) is 0 Å². The van der Waals surface area contributed by atoms with Crippen LogP contribution in [0.1, 0.15) is 1.43 Å². The van der Waals surface area contributed by atoms with Gasteiger partial charge in [0.1, 0.15) is 0 Å². The quantitative estimate of drug-likeness (QED) is 0.630. The first-order valence-electron chi connectivity index (χ1n) is 3.82. The zero-order valence-electron chi connectivity index (χ0n) is 7.22. The maximum atomic E-state index is 2.89. The molecule has 0 fully saturated rings. The molecule has 65 valence electrons. The standard InChI is InChI=1S/2C6H5.Bi.H2/c2*1-2-4-6-5-3-1;;/h2*1-5H;;1H. The molecule has 2 aromatic rings. The monoisotopic (exact) mass is 365 g/mol. The molecule has 0 saturated heterocycles. The molecule has 0 spiro atoms. The first-order valence-corrected chi connectivity index (χ1v) is 3.82. The fourth-order valence-electron chi connectivity index (χ4n) is 0.684. The number of hydrogen-bond acceptors (Lipinski definition) is 0. The van der Waals surface area contributed by atoms with Crippen LogP contribution in [0.5, 0.6) is 0 Å². The molecular formula is C12H12Bi. The van der Waals surface area contributed by atoms with E-state index in [9.17, 15) is 0 Å². The van der Waals surface area contributed by atoms with Crippen molar-refractivity contribution in [2.24, 2.45) is 0 Å². The summed E-state index contributed by atoms with van der Waals surface area (Å²) in [6.07, 6.45) is 0. The first kappa shape index (κ1) is 12.3. The zero-order chi connectivity index (χ0) is 8.49. The Morgan fingerprint density at radius 3 is 0.923 bits per heavy atom. The van der Waals surface area contributed by atoms with E-state index in [-0.39, 0.29) is 27.6 Å². The van der Waals surface area contributed by atoms with Crippen molar-refractivity contribution in [1.29, 1.82) is 0 Å². The van der Waals surface area contributed by atoms with E-state index in [1.807, 2.05) is 60.7 Å². The summed E-state index contributed by atoms with van der Waals surface area (Å²) in [5, 5.41) is 0. The van der Waals surface area contributed by atoms with E-state index in [0.29, 0.717) is 0 Å². The average Bonchev–Trinajstić information content (AvgIpc) is 2.24. The molecule has 0 bridgehead atoms. The van der Waals surface area contributed by atoms with Gasteiger partial charge < -0.3 is 0 Å². The van der Waals surface area contributed by atoms with Crippen LogP contribution in [0.4, 0.5) is 0 Å². The molecule has 0 aliphatic heterocycles. The van der Waals surface area contributed by atoms with Crippen molar-refractivity contribution in [3.8, 4) is 0 Å². The summed E-state index contributed by atoms with van der Waals surface area (Å²) in [4.78, 5) is 0. The number of benzene rings is 2. The van der Waals surface area contributed by atoms with Crippen molar-refractivity contribution in [2.75, 3.05) is 0 Å². The molecule has 0 saturated carbocycles. The third kappa shape index (κ3) is 7.68. The second-order valence-electron chi connectivity index (χ2n) is 2.15. The van der Waals surface area contributed by atoms with Crippen molar-refractivity contribution in [3.05, 3.63) is 72.8 Å². The van der Waals surface area contributed by atoms with Gasteiger partial charge in [-0.2, -0.15) is 0 Å². The van der Waals surface area contributed by atoms with Crippen molar-refractivity contribution >= 4 is 26.2 Å². The molecule has 0 aromatic heterocycles. The van der Waals surface area contributed by atoms with E-state index >= 15 is 0 Å². The summed E-state index contributed by atoms with van der Waals surface area (Å²) in [6, 6.07) is 25.0. The van der Waals surface area contributed by atoms with Crippen LogP contribution in [0.25, 0.3) is 0 Å². The molecule has 0 unspecified atom stereocenters. The summed E-state index contributed by atoms with van der Waals surface area (Å²) in [6.45, 7) is 0. The van der Waals surface area contributed by atoms with Crippen molar-refractivity contribution in [2.45, 2.75) is 0 Å². The van der Waals surface area contributed by atoms with Gasteiger partial charge in [0.05, 0.1) is 0 Å². The van der Waals surface area contributed by atoms with Gasteiger partial charge in [0, 0.05) is 27.6 Å². The Morgan fingerprint density at radius 1 is 0.538 bits per heavy atom. The minimum atomic E-state index is 0. The fraction of sp³-hybridized carbons (Fsp3) is 0. The summed E-state index contributed by atoms with van der Waals surface area (Å²) >= 11 is 0. The largest absolute Gasteiger partial charge is 0.0622 e. The molecule has 0 atom stereocenters. The number of hydrogen-bond donors (Lipinski definition) is 0. The molecule has 2 rings (SSSR count). The molecule has 0 amide bonds. The Bertz CT molecular complexity index is 186. The predicted molar refractivity (Wildman–Crippen MR) is 58.4 cm³/mol. The summed E-state index contributed by atoms with van der Waals surface area (Å²) in [5.41, 5.74) is 0. The Labute approximate surface area is 100 Å². The second-order valence-corrected chi connectivity index (χ2v) is 2.15. The van der Waals surface area contributed by atoms with Gasteiger partial charge in [-0.05, 0) is 12.1 Å². The van der Waals surface area contributed by atoms with Gasteiger partial charge >= 0.3 is 0 Å². The molecule has 1 heteroatoms. The molecule has 0 nitrogen and oxygen atoms in total. The van der Waals surface area contributed by atoms with Crippen molar-refractivity contribution in [1.82, 2.24) is 0 Å². The van der Waals surface area contributed by atoms with Crippen LogP contribution in [0.2, 0.25) is 0 Å². The molecule has 2 aromatic carbocycles. The van der Waals surface area contributed by atoms with Crippen LogP contribution < -0.4 is 0 Å². The Balaban J connectivity index is 0. The Hall–Kier alpha value is -0.677. The molecule has 0 aliphatic rings. The topological polar surface area (TPSA) is 0 Å². The van der Waals surface area contributed by atoms with Gasteiger partial charge in [-0.3, -0.25) is 0 Å². The van der Waals surface area contributed by atoms with Crippen LogP contribution in [-0.4, -0.2) is 26.2 Å². The minimum Gasteiger partial charge on any atom is -0.0622 e.